The first-order valence-electron chi connectivity index (χ1n) is 11.7. The summed E-state index contributed by atoms with van der Waals surface area (Å²) in [5.41, 5.74) is 4.98. The van der Waals surface area contributed by atoms with Gasteiger partial charge in [-0.3, -0.25) is 14.7 Å². The van der Waals surface area contributed by atoms with Crippen molar-refractivity contribution in [3.8, 4) is 0 Å². The van der Waals surface area contributed by atoms with Crippen molar-refractivity contribution in [3.63, 3.8) is 0 Å². The molecule has 178 valence electrons. The molecule has 0 bridgehead atoms. The van der Waals surface area contributed by atoms with Crippen LogP contribution in [0.4, 0.5) is 5.69 Å². The smallest absolute Gasteiger partial charge is 0.253 e. The molecule has 0 saturated carbocycles. The van der Waals surface area contributed by atoms with Gasteiger partial charge in [0, 0.05) is 60.6 Å². The fourth-order valence-corrected chi connectivity index (χ4v) is 5.31. The Kier molecular flexibility index (Phi) is 7.23. The highest BCUT2D eigenvalue weighted by Gasteiger charge is 2.22. The number of fused-ring (bicyclic) bond motifs is 1. The number of amides is 1. The average Bonchev–Trinajstić information content (AvgIpc) is 2.89. The lowest BCUT2D eigenvalue weighted by Gasteiger charge is -2.35. The van der Waals surface area contributed by atoms with Crippen LogP contribution in [0.25, 0.3) is 10.9 Å². The van der Waals surface area contributed by atoms with Gasteiger partial charge in [0.05, 0.1) is 10.4 Å². The van der Waals surface area contributed by atoms with Crippen molar-refractivity contribution >= 4 is 46.0 Å². The van der Waals surface area contributed by atoms with E-state index >= 15 is 0 Å². The van der Waals surface area contributed by atoms with E-state index in [0.29, 0.717) is 0 Å². The largest absolute Gasteiger partial charge is 0.336 e. The maximum absolute atomic E-state index is 13.2. The van der Waals surface area contributed by atoms with Gasteiger partial charge in [-0.25, -0.2) is 0 Å². The van der Waals surface area contributed by atoms with Gasteiger partial charge < -0.3 is 9.62 Å². The number of anilines is 1. The molecule has 0 spiro atoms. The maximum atomic E-state index is 13.2. The molecule has 1 amide bonds. The normalized spacial score (nSPS) is 14.3. The number of carbonyl (C=O) groups excluding carboxylic acids is 1. The van der Waals surface area contributed by atoms with Crippen molar-refractivity contribution in [3.05, 3.63) is 101 Å². The van der Waals surface area contributed by atoms with Gasteiger partial charge in [-0.2, -0.15) is 0 Å². The van der Waals surface area contributed by atoms with Crippen molar-refractivity contribution in [2.75, 3.05) is 30.9 Å². The Balaban J connectivity index is 1.18. The molecule has 2 heterocycles. The van der Waals surface area contributed by atoms with E-state index in [-0.39, 0.29) is 5.91 Å². The number of pyridine rings is 1. The number of piperazine rings is 1. The minimum atomic E-state index is 0.0942. The Morgan fingerprint density at radius 2 is 1.77 bits per heavy atom. The van der Waals surface area contributed by atoms with Crippen LogP contribution in [0, 0.1) is 6.92 Å². The molecular weight excluding hydrogens is 476 g/mol. The highest BCUT2D eigenvalue weighted by molar-refractivity contribution is 8.00. The second kappa shape index (κ2) is 10.7. The van der Waals surface area contributed by atoms with Gasteiger partial charge >= 0.3 is 0 Å². The molecule has 0 aliphatic carbocycles. The quantitative estimate of drug-likeness (QED) is 0.315. The monoisotopic (exact) mass is 502 g/mol. The van der Waals surface area contributed by atoms with Crippen LogP contribution in [0.15, 0.2) is 83.9 Å². The summed E-state index contributed by atoms with van der Waals surface area (Å²) in [6.45, 7) is 6.10. The van der Waals surface area contributed by atoms with Crippen molar-refractivity contribution in [2.24, 2.45) is 0 Å². The number of aromatic nitrogens is 1. The number of nitrogens with zero attached hydrogens (tertiary/aromatic N) is 3. The fraction of sp³-hybridized carbons (Fsp3) is 0.214. The van der Waals surface area contributed by atoms with Gasteiger partial charge in [0.1, 0.15) is 0 Å². The van der Waals surface area contributed by atoms with E-state index in [2.05, 4.69) is 44.9 Å². The van der Waals surface area contributed by atoms with E-state index in [9.17, 15) is 4.79 Å². The Bertz CT molecular complexity index is 1330. The lowest BCUT2D eigenvalue weighted by molar-refractivity contribution is 0.0628. The highest BCUT2D eigenvalue weighted by Crippen LogP contribution is 2.29. The molecule has 35 heavy (non-hydrogen) atoms. The third kappa shape index (κ3) is 5.61. The third-order valence-electron chi connectivity index (χ3n) is 6.32. The van der Waals surface area contributed by atoms with Crippen LogP contribution in [0.5, 0.6) is 0 Å². The van der Waals surface area contributed by atoms with Crippen LogP contribution in [0.3, 0.4) is 0 Å². The van der Waals surface area contributed by atoms with Crippen LogP contribution in [0.1, 0.15) is 21.5 Å². The third-order valence-corrected chi connectivity index (χ3v) is 7.44. The summed E-state index contributed by atoms with van der Waals surface area (Å²) in [7, 11) is 0. The SMILES string of the molecule is Cc1cc(C(=O)N2CCN(Cc3ccc(Cl)cc3)CC2)ccc1NSc1cccc2cccnc12. The molecule has 0 radical (unpaired) electrons. The number of nitrogens with one attached hydrogen (secondary N) is 1. The number of carbonyl (C=O) groups is 1. The van der Waals surface area contributed by atoms with Crippen LogP contribution in [0.2, 0.25) is 5.02 Å². The van der Waals surface area contributed by atoms with Crippen molar-refractivity contribution in [1.29, 1.82) is 0 Å². The van der Waals surface area contributed by atoms with Crippen molar-refractivity contribution in [2.45, 2.75) is 18.4 Å². The number of halogens is 1. The van der Waals surface area contributed by atoms with Crippen LogP contribution in [-0.4, -0.2) is 46.9 Å². The number of para-hydroxylation sites is 1. The van der Waals surface area contributed by atoms with E-state index in [1.807, 2.05) is 60.5 Å². The first kappa shape index (κ1) is 23.7. The summed E-state index contributed by atoms with van der Waals surface area (Å²) in [5.74, 6) is 0.0942. The van der Waals surface area contributed by atoms with E-state index < -0.39 is 0 Å². The van der Waals surface area contributed by atoms with E-state index in [4.69, 9.17) is 11.6 Å². The minimum absolute atomic E-state index is 0.0942. The number of benzene rings is 3. The van der Waals surface area contributed by atoms with Gasteiger partial charge in [-0.05, 0) is 72.5 Å². The predicted octanol–water partition coefficient (Wildman–Crippen LogP) is 6.27. The van der Waals surface area contributed by atoms with Gasteiger partial charge in [0.15, 0.2) is 0 Å². The molecule has 3 aromatic carbocycles. The topological polar surface area (TPSA) is 48.5 Å². The molecule has 5 nitrogen and oxygen atoms in total. The molecule has 5 rings (SSSR count). The number of hydrogen-bond acceptors (Lipinski definition) is 5. The zero-order chi connectivity index (χ0) is 24.2. The van der Waals surface area contributed by atoms with E-state index in [0.717, 1.165) is 70.4 Å². The number of hydrogen-bond donors (Lipinski definition) is 1. The molecule has 1 aromatic heterocycles. The molecule has 1 saturated heterocycles. The highest BCUT2D eigenvalue weighted by atomic mass is 35.5. The molecular formula is C28H27ClN4OS. The van der Waals surface area contributed by atoms with Crippen LogP contribution >= 0.6 is 23.5 Å². The summed E-state index contributed by atoms with van der Waals surface area (Å²) in [6.07, 6.45) is 1.82. The molecule has 1 N–H and O–H groups in total. The first-order valence-corrected chi connectivity index (χ1v) is 12.9. The van der Waals surface area contributed by atoms with E-state index in [1.165, 1.54) is 5.56 Å². The van der Waals surface area contributed by atoms with Crippen LogP contribution in [-0.2, 0) is 6.54 Å². The average molecular weight is 503 g/mol. The Hall–Kier alpha value is -3.06. The summed E-state index contributed by atoms with van der Waals surface area (Å²) in [5, 5.41) is 1.87. The Morgan fingerprint density at radius 3 is 2.54 bits per heavy atom. The number of aryl methyl sites for hydroxylation is 1. The second-order valence-electron chi connectivity index (χ2n) is 8.76. The molecule has 7 heteroatoms. The molecule has 0 unspecified atom stereocenters. The summed E-state index contributed by atoms with van der Waals surface area (Å²) < 4.78 is 3.44. The lowest BCUT2D eigenvalue weighted by atomic mass is 10.1. The molecule has 4 aromatic rings. The standard InChI is InChI=1S/C28H27ClN4OS/c1-20-18-23(9-12-25(20)31-35-26-6-2-4-22-5-3-13-30-27(22)26)28(34)33-16-14-32(15-17-33)19-21-7-10-24(29)11-8-21/h2-13,18,31H,14-17,19H2,1H3. The number of rotatable bonds is 6. The fourth-order valence-electron chi connectivity index (χ4n) is 4.32. The van der Waals surface area contributed by atoms with E-state index in [1.54, 1.807) is 11.9 Å². The van der Waals surface area contributed by atoms with Gasteiger partial charge in [0.2, 0.25) is 0 Å². The lowest BCUT2D eigenvalue weighted by Crippen LogP contribution is -2.48. The first-order chi connectivity index (χ1) is 17.1. The van der Waals surface area contributed by atoms with Crippen molar-refractivity contribution in [1.82, 2.24) is 14.8 Å². The van der Waals surface area contributed by atoms with Gasteiger partial charge in [-0.15, -0.1) is 0 Å². The zero-order valence-corrected chi connectivity index (χ0v) is 21.1. The summed E-state index contributed by atoms with van der Waals surface area (Å²) in [4.78, 5) is 23.1. The minimum Gasteiger partial charge on any atom is -0.336 e. The molecule has 1 fully saturated rings. The van der Waals surface area contributed by atoms with Crippen molar-refractivity contribution < 1.29 is 4.79 Å². The van der Waals surface area contributed by atoms with Crippen LogP contribution < -0.4 is 4.72 Å². The van der Waals surface area contributed by atoms with Gasteiger partial charge in [-0.1, -0.05) is 41.9 Å². The zero-order valence-electron chi connectivity index (χ0n) is 19.6. The Labute approximate surface area is 215 Å². The second-order valence-corrected chi connectivity index (χ2v) is 10.0. The molecule has 1 aliphatic heterocycles. The van der Waals surface area contributed by atoms with Gasteiger partial charge in [0.25, 0.3) is 5.91 Å². The molecule has 1 aliphatic rings. The Morgan fingerprint density at radius 1 is 1.00 bits per heavy atom. The summed E-state index contributed by atoms with van der Waals surface area (Å²) >= 11 is 7.53. The summed E-state index contributed by atoms with van der Waals surface area (Å²) in [6, 6.07) is 24.0. The molecule has 0 atom stereocenters. The predicted molar refractivity (Wildman–Crippen MR) is 145 cm³/mol. The maximum Gasteiger partial charge on any atom is 0.253 e.